The third kappa shape index (κ3) is 5.18. The molecule has 1 saturated heterocycles. The van der Waals surface area contributed by atoms with Gasteiger partial charge in [-0.3, -0.25) is 0 Å². The predicted molar refractivity (Wildman–Crippen MR) is 93.6 cm³/mol. The Kier molecular flexibility index (Phi) is 8.00. The molecule has 1 aliphatic rings. The topological polar surface area (TPSA) is 54.0 Å². The number of benzene rings is 1. The fourth-order valence-corrected chi connectivity index (χ4v) is 12.1. The molecule has 24 heavy (non-hydrogen) atoms. The Morgan fingerprint density at radius 1 is 1.08 bits per heavy atom. The molecule has 134 valence electrons. The quantitative estimate of drug-likeness (QED) is 0.310. The first-order valence-electron chi connectivity index (χ1n) is 8.93. The van der Waals surface area contributed by atoms with Crippen molar-refractivity contribution in [3.63, 3.8) is 0 Å². The zero-order valence-electron chi connectivity index (χ0n) is 14.9. The van der Waals surface area contributed by atoms with Gasteiger partial charge in [0.15, 0.2) is 0 Å². The van der Waals surface area contributed by atoms with Crippen LogP contribution >= 0.6 is 0 Å². The third-order valence-electron chi connectivity index (χ3n) is 4.13. The summed E-state index contributed by atoms with van der Waals surface area (Å²) in [4.78, 5) is 17.3. The molecular formula is C18H28O5Sn. The number of hydrogen-bond donors (Lipinski definition) is 0. The molecule has 1 fully saturated rings. The second-order valence-electron chi connectivity index (χ2n) is 6.09. The van der Waals surface area contributed by atoms with Crippen LogP contribution in [-0.2, 0) is 15.9 Å². The van der Waals surface area contributed by atoms with Crippen molar-refractivity contribution < 1.29 is 20.7 Å². The van der Waals surface area contributed by atoms with Crippen LogP contribution in [0.5, 0.6) is 0 Å². The molecule has 0 N–H and O–H groups in total. The van der Waals surface area contributed by atoms with Crippen LogP contribution in [0.2, 0.25) is 8.87 Å². The van der Waals surface area contributed by atoms with E-state index < -0.39 is 25.5 Å². The van der Waals surface area contributed by atoms with Crippen molar-refractivity contribution in [2.45, 2.75) is 61.6 Å². The van der Waals surface area contributed by atoms with Crippen LogP contribution < -0.4 is 0 Å². The van der Waals surface area contributed by atoms with E-state index in [0.717, 1.165) is 40.1 Å². The summed E-state index contributed by atoms with van der Waals surface area (Å²) in [5.74, 6) is -0.312. The number of carbonyl (C=O) groups is 1. The number of esters is 1. The summed E-state index contributed by atoms with van der Waals surface area (Å²) >= 11 is -3.11. The van der Waals surface area contributed by atoms with Gasteiger partial charge in [-0.2, -0.15) is 0 Å². The fraction of sp³-hybridized carbons (Fsp3) is 0.611. The van der Waals surface area contributed by atoms with Gasteiger partial charge in [-0.25, -0.2) is 0 Å². The van der Waals surface area contributed by atoms with E-state index in [4.69, 9.17) is 15.9 Å². The first-order valence-corrected chi connectivity index (χ1v) is 15.3. The zero-order chi connectivity index (χ0) is 17.4. The average molecular weight is 443 g/mol. The summed E-state index contributed by atoms with van der Waals surface area (Å²) in [5, 5.41) is 0. The molecule has 1 aromatic carbocycles. The molecule has 1 heterocycles. The molecule has 0 spiro atoms. The summed E-state index contributed by atoms with van der Waals surface area (Å²) in [6, 6.07) is 7.19. The minimum absolute atomic E-state index is 0.312. The van der Waals surface area contributed by atoms with Gasteiger partial charge < -0.3 is 0 Å². The van der Waals surface area contributed by atoms with Gasteiger partial charge in [-0.1, -0.05) is 0 Å². The zero-order valence-corrected chi connectivity index (χ0v) is 17.7. The summed E-state index contributed by atoms with van der Waals surface area (Å²) in [6.45, 7) is 6.53. The van der Waals surface area contributed by atoms with Crippen LogP contribution in [0.3, 0.4) is 0 Å². The molecule has 0 amide bonds. The molecule has 0 bridgehead atoms. The molecule has 0 radical (unpaired) electrons. The van der Waals surface area contributed by atoms with Gasteiger partial charge in [-0.05, 0) is 0 Å². The maximum atomic E-state index is 11.7. The molecule has 1 aliphatic heterocycles. The molecular weight excluding hydrogens is 415 g/mol. The number of unbranched alkanes of at least 4 members (excludes halogenated alkanes) is 2. The Bertz CT molecular complexity index is 509. The first kappa shape index (κ1) is 19.7. The Morgan fingerprint density at radius 2 is 1.71 bits per heavy atom. The van der Waals surface area contributed by atoms with Gasteiger partial charge in [0.25, 0.3) is 0 Å². The molecule has 1 aromatic rings. The van der Waals surface area contributed by atoms with Crippen LogP contribution in [0.15, 0.2) is 24.3 Å². The van der Waals surface area contributed by atoms with Gasteiger partial charge in [0.1, 0.15) is 0 Å². The van der Waals surface area contributed by atoms with Crippen LogP contribution in [0, 0.1) is 0 Å². The van der Waals surface area contributed by atoms with Crippen molar-refractivity contribution in [3.8, 4) is 0 Å². The van der Waals surface area contributed by atoms with E-state index >= 15 is 0 Å². The normalized spacial score (nSPS) is 19.4. The molecule has 6 heteroatoms. The van der Waals surface area contributed by atoms with Gasteiger partial charge in [0.2, 0.25) is 0 Å². The van der Waals surface area contributed by atoms with Gasteiger partial charge in [-0.15, -0.1) is 0 Å². The van der Waals surface area contributed by atoms with Crippen LogP contribution in [0.1, 0.15) is 68.7 Å². The van der Waals surface area contributed by atoms with Crippen molar-refractivity contribution in [3.05, 3.63) is 35.4 Å². The molecule has 5 nitrogen and oxygen atoms in total. The Balaban J connectivity index is 2.03. The van der Waals surface area contributed by atoms with Crippen molar-refractivity contribution in [2.24, 2.45) is 0 Å². The number of rotatable bonds is 9. The molecule has 0 saturated carbocycles. The van der Waals surface area contributed by atoms with Gasteiger partial charge in [0.05, 0.1) is 0 Å². The Labute approximate surface area is 149 Å². The monoisotopic (exact) mass is 444 g/mol. The molecule has 1 atom stereocenters. The van der Waals surface area contributed by atoms with E-state index in [1.807, 2.05) is 12.1 Å². The average Bonchev–Trinajstić information content (AvgIpc) is 3.03. The number of carbonyl (C=O) groups excluding carboxylic acids is 1. The summed E-state index contributed by atoms with van der Waals surface area (Å²) < 4.78 is 19.2. The third-order valence-corrected chi connectivity index (χ3v) is 13.5. The van der Waals surface area contributed by atoms with Crippen molar-refractivity contribution >= 4 is 25.2 Å². The first-order chi connectivity index (χ1) is 11.6. The second-order valence-corrected chi connectivity index (χ2v) is 15.3. The van der Waals surface area contributed by atoms with E-state index in [1.54, 1.807) is 19.1 Å². The molecule has 0 aromatic heterocycles. The fourth-order valence-electron chi connectivity index (χ4n) is 2.70. The van der Waals surface area contributed by atoms with Gasteiger partial charge in [0, 0.05) is 0 Å². The van der Waals surface area contributed by atoms with Crippen molar-refractivity contribution in [1.82, 2.24) is 0 Å². The number of ether oxygens (including phenoxy) is 1. The van der Waals surface area contributed by atoms with E-state index in [2.05, 4.69) is 13.8 Å². The molecule has 0 unspecified atom stereocenters. The summed E-state index contributed by atoms with van der Waals surface area (Å²) in [5.41, 5.74) is 1.42. The van der Waals surface area contributed by atoms with Crippen LogP contribution in [0.25, 0.3) is 0 Å². The Morgan fingerprint density at radius 3 is 2.25 bits per heavy atom. The predicted octanol–water partition coefficient (Wildman–Crippen LogP) is 4.88. The summed E-state index contributed by atoms with van der Waals surface area (Å²) in [7, 11) is 0. The Hall–Kier alpha value is -0.631. The molecule has 2 rings (SSSR count). The second kappa shape index (κ2) is 9.75. The standard InChI is InChI=1S/C10H11O5.2C4H9.Sn/c1-2-14-9(11)7-3-5-8(6-4-7)10(12)15-13;2*1-3-4-2;/h3-6,10,13H,2H2,1H3;2*1,3-4H2,2H3;/q-1;;;+2/p-1/t10-;;;/m1.../s1. The molecule has 0 aliphatic carbocycles. The number of hydrogen-bond acceptors (Lipinski definition) is 5. The summed E-state index contributed by atoms with van der Waals surface area (Å²) in [6.07, 6.45) is 4.05. The van der Waals surface area contributed by atoms with E-state index in [1.165, 1.54) is 0 Å². The van der Waals surface area contributed by atoms with E-state index in [9.17, 15) is 4.79 Å². The maximum absolute atomic E-state index is 11.7. The minimum atomic E-state index is -3.11. The van der Waals surface area contributed by atoms with Crippen molar-refractivity contribution in [2.75, 3.05) is 6.61 Å². The SMILES string of the molecule is CCC[CH2][Sn]1([CH2]CCC)[O]O[C@H](c2ccc(C(=O)OCC)cc2)[O]1. The van der Waals surface area contributed by atoms with E-state index in [-0.39, 0.29) is 5.97 Å². The van der Waals surface area contributed by atoms with Crippen LogP contribution in [0.4, 0.5) is 0 Å². The van der Waals surface area contributed by atoms with Gasteiger partial charge >= 0.3 is 150 Å². The van der Waals surface area contributed by atoms with E-state index in [0.29, 0.717) is 12.2 Å². The van der Waals surface area contributed by atoms with Crippen LogP contribution in [-0.4, -0.2) is 31.8 Å². The van der Waals surface area contributed by atoms with Crippen molar-refractivity contribution in [1.29, 1.82) is 0 Å².